The molecule has 0 N–H and O–H groups in total. The molecule has 12 heavy (non-hydrogen) atoms. The van der Waals surface area contributed by atoms with Crippen LogP contribution in [0.25, 0.3) is 0 Å². The molecule has 1 rings (SSSR count). The highest BCUT2D eigenvalue weighted by atomic mass is 16.5. The van der Waals surface area contributed by atoms with Gasteiger partial charge in [-0.3, -0.25) is 4.79 Å². The van der Waals surface area contributed by atoms with Crippen molar-refractivity contribution in [2.75, 3.05) is 6.61 Å². The summed E-state index contributed by atoms with van der Waals surface area (Å²) < 4.78 is 4.92. The second-order valence-corrected chi connectivity index (χ2v) is 2.74. The normalized spacial score (nSPS) is 18.5. The Balaban J connectivity index is 0. The van der Waals surface area contributed by atoms with Gasteiger partial charge in [-0.2, -0.15) is 0 Å². The number of hydrogen-bond acceptors (Lipinski definition) is 2. The second kappa shape index (κ2) is 8.57. The first-order chi connectivity index (χ1) is 4.89. The lowest BCUT2D eigenvalue weighted by molar-refractivity contribution is -0.143. The van der Waals surface area contributed by atoms with Crippen LogP contribution < -0.4 is 0 Å². The van der Waals surface area contributed by atoms with Crippen LogP contribution in [-0.2, 0) is 9.53 Å². The Hall–Kier alpha value is -0.530. The molecular formula is C10H22O2. The molecule has 1 aliphatic heterocycles. The third kappa shape index (κ3) is 6.20. The summed E-state index contributed by atoms with van der Waals surface area (Å²) in [6.07, 6.45) is 6.35. The summed E-state index contributed by atoms with van der Waals surface area (Å²) in [7, 11) is 0. The highest BCUT2D eigenvalue weighted by Crippen LogP contribution is 2.09. The molecule has 1 fully saturated rings. The molecular weight excluding hydrogens is 152 g/mol. The van der Waals surface area contributed by atoms with Crippen molar-refractivity contribution in [3.63, 3.8) is 0 Å². The molecule has 1 aliphatic rings. The summed E-state index contributed by atoms with van der Waals surface area (Å²) in [4.78, 5) is 10.8. The molecule has 0 saturated carbocycles. The molecule has 2 nitrogen and oxygen atoms in total. The Bertz CT molecular complexity index is 98.4. The minimum absolute atomic E-state index is 0. The number of carbonyl (C=O) groups is 1. The summed E-state index contributed by atoms with van der Waals surface area (Å²) >= 11 is 0. The highest BCUT2D eigenvalue weighted by molar-refractivity contribution is 5.69. The number of hydrogen-bond donors (Lipinski definition) is 0. The molecule has 0 unspecified atom stereocenters. The second-order valence-electron chi connectivity index (χ2n) is 2.74. The summed E-state index contributed by atoms with van der Waals surface area (Å²) in [6.45, 7) is 0.638. The Morgan fingerprint density at radius 1 is 0.917 bits per heavy atom. The largest absolute Gasteiger partial charge is 0.466 e. The fourth-order valence-electron chi connectivity index (χ4n) is 1.16. The van der Waals surface area contributed by atoms with Gasteiger partial charge in [0.25, 0.3) is 0 Å². The van der Waals surface area contributed by atoms with E-state index in [1.165, 1.54) is 19.3 Å². The Morgan fingerprint density at radius 2 is 1.50 bits per heavy atom. The van der Waals surface area contributed by atoms with Crippen molar-refractivity contribution in [2.24, 2.45) is 0 Å². The summed E-state index contributed by atoms with van der Waals surface area (Å²) in [5.41, 5.74) is 0. The van der Waals surface area contributed by atoms with Gasteiger partial charge < -0.3 is 4.74 Å². The molecule has 0 amide bonds. The quantitative estimate of drug-likeness (QED) is 0.527. The fraction of sp³-hybridized carbons (Fsp3) is 0.900. The summed E-state index contributed by atoms with van der Waals surface area (Å²) in [6, 6.07) is 0. The molecule has 0 aromatic heterocycles. The SMILES string of the molecule is C.C.O=C1CCCCCCCO1. The van der Waals surface area contributed by atoms with Gasteiger partial charge >= 0.3 is 5.97 Å². The van der Waals surface area contributed by atoms with Crippen molar-refractivity contribution < 1.29 is 9.53 Å². The lowest BCUT2D eigenvalue weighted by Crippen LogP contribution is -2.03. The third-order valence-corrected chi connectivity index (χ3v) is 1.79. The van der Waals surface area contributed by atoms with Crippen LogP contribution in [-0.4, -0.2) is 12.6 Å². The van der Waals surface area contributed by atoms with Crippen LogP contribution in [0, 0.1) is 0 Å². The lowest BCUT2D eigenvalue weighted by Gasteiger charge is -1.99. The van der Waals surface area contributed by atoms with E-state index < -0.39 is 0 Å². The topological polar surface area (TPSA) is 26.3 Å². The van der Waals surface area contributed by atoms with Gasteiger partial charge in [-0.15, -0.1) is 0 Å². The number of rotatable bonds is 0. The highest BCUT2D eigenvalue weighted by Gasteiger charge is 2.04. The van der Waals surface area contributed by atoms with Crippen LogP contribution in [0.3, 0.4) is 0 Å². The first kappa shape index (κ1) is 14.0. The molecule has 2 heteroatoms. The molecule has 1 heterocycles. The monoisotopic (exact) mass is 174 g/mol. The first-order valence-corrected chi connectivity index (χ1v) is 4.05. The zero-order valence-corrected chi connectivity index (χ0v) is 6.27. The molecule has 0 aromatic rings. The van der Waals surface area contributed by atoms with Crippen molar-refractivity contribution in [2.45, 2.75) is 53.4 Å². The maximum absolute atomic E-state index is 10.8. The van der Waals surface area contributed by atoms with Crippen molar-refractivity contribution >= 4 is 5.97 Å². The molecule has 74 valence electrons. The Labute approximate surface area is 76.3 Å². The molecule has 0 aromatic carbocycles. The fourth-order valence-corrected chi connectivity index (χ4v) is 1.16. The van der Waals surface area contributed by atoms with Crippen LogP contribution in [0.4, 0.5) is 0 Å². The van der Waals surface area contributed by atoms with Crippen LogP contribution in [0.1, 0.15) is 53.4 Å². The molecule has 0 aliphatic carbocycles. The predicted octanol–water partition coefficient (Wildman–Crippen LogP) is 3.16. The van der Waals surface area contributed by atoms with Gasteiger partial charge in [0.2, 0.25) is 0 Å². The van der Waals surface area contributed by atoms with E-state index in [0.717, 1.165) is 12.8 Å². The van der Waals surface area contributed by atoms with E-state index >= 15 is 0 Å². The van der Waals surface area contributed by atoms with Crippen molar-refractivity contribution in [3.8, 4) is 0 Å². The van der Waals surface area contributed by atoms with E-state index in [2.05, 4.69) is 0 Å². The summed E-state index contributed by atoms with van der Waals surface area (Å²) in [5, 5.41) is 0. The smallest absolute Gasteiger partial charge is 0.305 e. The van der Waals surface area contributed by atoms with Gasteiger partial charge in [0.15, 0.2) is 0 Å². The summed E-state index contributed by atoms with van der Waals surface area (Å²) in [5.74, 6) is -0.0121. The number of carbonyl (C=O) groups excluding carboxylic acids is 1. The van der Waals surface area contributed by atoms with Gasteiger partial charge in [0.05, 0.1) is 6.61 Å². The zero-order chi connectivity index (χ0) is 7.23. The van der Waals surface area contributed by atoms with E-state index in [1.54, 1.807) is 0 Å². The first-order valence-electron chi connectivity index (χ1n) is 4.05. The zero-order valence-electron chi connectivity index (χ0n) is 6.27. The molecule has 0 spiro atoms. The van der Waals surface area contributed by atoms with Crippen LogP contribution in [0.15, 0.2) is 0 Å². The Kier molecular flexibility index (Phi) is 10.0. The number of esters is 1. The van der Waals surface area contributed by atoms with Gasteiger partial charge in [-0.25, -0.2) is 0 Å². The van der Waals surface area contributed by atoms with Gasteiger partial charge in [0, 0.05) is 6.42 Å². The van der Waals surface area contributed by atoms with Crippen molar-refractivity contribution in [3.05, 3.63) is 0 Å². The molecule has 0 bridgehead atoms. The van der Waals surface area contributed by atoms with E-state index in [4.69, 9.17) is 4.74 Å². The average Bonchev–Trinajstić information content (AvgIpc) is 2.02. The minimum atomic E-state index is -0.0121. The minimum Gasteiger partial charge on any atom is -0.466 e. The van der Waals surface area contributed by atoms with Crippen LogP contribution in [0.5, 0.6) is 0 Å². The Morgan fingerprint density at radius 3 is 2.25 bits per heavy atom. The van der Waals surface area contributed by atoms with Gasteiger partial charge in [0.1, 0.15) is 0 Å². The maximum Gasteiger partial charge on any atom is 0.305 e. The van der Waals surface area contributed by atoms with E-state index in [0.29, 0.717) is 13.0 Å². The molecule has 0 atom stereocenters. The van der Waals surface area contributed by atoms with E-state index in [-0.39, 0.29) is 20.8 Å². The standard InChI is InChI=1S/C8H14O2.2CH4/c9-8-6-4-2-1-3-5-7-10-8;;/h1-7H2;2*1H4. The van der Waals surface area contributed by atoms with Crippen LogP contribution in [0.2, 0.25) is 0 Å². The maximum atomic E-state index is 10.8. The average molecular weight is 174 g/mol. The van der Waals surface area contributed by atoms with Gasteiger partial charge in [-0.1, -0.05) is 34.1 Å². The predicted molar refractivity (Wildman–Crippen MR) is 52.1 cm³/mol. The number of ether oxygens (including phenoxy) is 1. The van der Waals surface area contributed by atoms with Crippen molar-refractivity contribution in [1.82, 2.24) is 0 Å². The van der Waals surface area contributed by atoms with Gasteiger partial charge in [-0.05, 0) is 12.8 Å². The molecule has 1 saturated heterocycles. The number of cyclic esters (lactones) is 1. The molecule has 0 radical (unpaired) electrons. The third-order valence-electron chi connectivity index (χ3n) is 1.79. The lowest BCUT2D eigenvalue weighted by atomic mass is 10.1. The van der Waals surface area contributed by atoms with Crippen LogP contribution >= 0.6 is 0 Å². The van der Waals surface area contributed by atoms with E-state index in [1.807, 2.05) is 0 Å². The van der Waals surface area contributed by atoms with E-state index in [9.17, 15) is 4.79 Å². The van der Waals surface area contributed by atoms with Crippen molar-refractivity contribution in [1.29, 1.82) is 0 Å².